The lowest BCUT2D eigenvalue weighted by molar-refractivity contribution is -0.121. The summed E-state index contributed by atoms with van der Waals surface area (Å²) in [4.78, 5) is 18.1. The quantitative estimate of drug-likeness (QED) is 0.866. The fraction of sp³-hybridized carbons (Fsp3) is 0.474. The summed E-state index contributed by atoms with van der Waals surface area (Å²) in [7, 11) is 0. The van der Waals surface area contributed by atoms with E-state index in [4.69, 9.17) is 0 Å². The average Bonchev–Trinajstić information content (AvgIpc) is 3.10. The van der Waals surface area contributed by atoms with E-state index in [0.29, 0.717) is 18.9 Å². The summed E-state index contributed by atoms with van der Waals surface area (Å²) in [5.41, 5.74) is 3.83. The molecule has 0 fully saturated rings. The Morgan fingerprint density at radius 1 is 1.39 bits per heavy atom. The summed E-state index contributed by atoms with van der Waals surface area (Å²) >= 11 is 1.73. The molecule has 3 rings (SSSR count). The molecule has 0 saturated heterocycles. The van der Waals surface area contributed by atoms with E-state index >= 15 is 0 Å². The first-order valence-corrected chi connectivity index (χ1v) is 9.28. The Kier molecular flexibility index (Phi) is 5.11. The predicted octanol–water partition coefficient (Wildman–Crippen LogP) is 4.14. The first-order chi connectivity index (χ1) is 11.2. The molecule has 1 N–H and O–H groups in total. The number of nitrogens with one attached hydrogen (secondary N) is 1. The van der Waals surface area contributed by atoms with Crippen LogP contribution in [0.5, 0.6) is 0 Å². The number of rotatable bonds is 6. The molecule has 0 bridgehead atoms. The molecule has 0 aliphatic heterocycles. The molecule has 3 nitrogen and oxygen atoms in total. The number of thiazole rings is 1. The normalized spacial score (nSPS) is 16.3. The van der Waals surface area contributed by atoms with Crippen LogP contribution < -0.4 is 5.32 Å². The molecule has 4 heteroatoms. The fourth-order valence-corrected chi connectivity index (χ4v) is 4.42. The number of carbonyl (C=O) groups excluding carboxylic acids is 1. The van der Waals surface area contributed by atoms with E-state index in [1.807, 2.05) is 6.92 Å². The van der Waals surface area contributed by atoms with Crippen LogP contribution >= 0.6 is 11.3 Å². The van der Waals surface area contributed by atoms with E-state index in [1.54, 1.807) is 11.3 Å². The van der Waals surface area contributed by atoms with Crippen molar-refractivity contribution in [2.45, 2.75) is 58.4 Å². The van der Waals surface area contributed by atoms with Crippen LogP contribution in [-0.2, 0) is 24.2 Å². The smallest absolute Gasteiger partial charge is 0.220 e. The Bertz CT molecular complexity index is 692. The van der Waals surface area contributed by atoms with Crippen molar-refractivity contribution >= 4 is 17.2 Å². The Balaban J connectivity index is 1.54. The number of hydrogen-bond acceptors (Lipinski definition) is 3. The van der Waals surface area contributed by atoms with Gasteiger partial charge in [-0.25, -0.2) is 4.98 Å². The van der Waals surface area contributed by atoms with Crippen molar-refractivity contribution in [3.05, 3.63) is 51.0 Å². The second-order valence-electron chi connectivity index (χ2n) is 6.28. The van der Waals surface area contributed by atoms with Gasteiger partial charge >= 0.3 is 0 Å². The van der Waals surface area contributed by atoms with E-state index in [-0.39, 0.29) is 5.91 Å². The number of carbonyl (C=O) groups is 1. The number of hydrogen-bond donors (Lipinski definition) is 1. The van der Waals surface area contributed by atoms with Crippen LogP contribution in [0.4, 0.5) is 0 Å². The van der Waals surface area contributed by atoms with Crippen LogP contribution in [0.1, 0.15) is 58.8 Å². The molecule has 1 amide bonds. The molecule has 122 valence electrons. The topological polar surface area (TPSA) is 42.0 Å². The van der Waals surface area contributed by atoms with Crippen LogP contribution in [0.15, 0.2) is 24.3 Å². The van der Waals surface area contributed by atoms with Crippen molar-refractivity contribution in [3.8, 4) is 0 Å². The summed E-state index contributed by atoms with van der Waals surface area (Å²) in [6, 6.07) is 8.51. The molecule has 1 aromatic heterocycles. The first kappa shape index (κ1) is 16.2. The van der Waals surface area contributed by atoms with Gasteiger partial charge in [0.25, 0.3) is 0 Å². The van der Waals surface area contributed by atoms with E-state index in [0.717, 1.165) is 31.4 Å². The van der Waals surface area contributed by atoms with Crippen molar-refractivity contribution in [2.24, 2.45) is 0 Å². The van der Waals surface area contributed by atoms with Gasteiger partial charge in [-0.1, -0.05) is 31.2 Å². The molecular weight excluding hydrogens is 304 g/mol. The Morgan fingerprint density at radius 2 is 2.22 bits per heavy atom. The number of aromatic nitrogens is 1. The molecule has 1 aliphatic carbocycles. The van der Waals surface area contributed by atoms with Crippen molar-refractivity contribution in [1.29, 1.82) is 0 Å². The Morgan fingerprint density at radius 3 is 3.04 bits per heavy atom. The lowest BCUT2D eigenvalue weighted by Gasteiger charge is -2.11. The molecule has 1 aromatic carbocycles. The second-order valence-corrected chi connectivity index (χ2v) is 7.45. The van der Waals surface area contributed by atoms with Gasteiger partial charge in [-0.3, -0.25) is 4.79 Å². The third-order valence-electron chi connectivity index (χ3n) is 4.54. The van der Waals surface area contributed by atoms with E-state index < -0.39 is 0 Å². The van der Waals surface area contributed by atoms with Crippen molar-refractivity contribution < 1.29 is 4.79 Å². The largest absolute Gasteiger partial charge is 0.351 e. The third-order valence-corrected chi connectivity index (χ3v) is 5.75. The number of benzene rings is 1. The first-order valence-electron chi connectivity index (χ1n) is 8.47. The zero-order valence-corrected chi connectivity index (χ0v) is 14.7. The minimum Gasteiger partial charge on any atom is -0.351 e. The molecule has 0 radical (unpaired) electrons. The number of nitrogens with zero attached hydrogens (tertiary/aromatic N) is 1. The zero-order valence-electron chi connectivity index (χ0n) is 13.9. The molecule has 23 heavy (non-hydrogen) atoms. The maximum absolute atomic E-state index is 12.3. The minimum absolute atomic E-state index is 0.150. The highest BCUT2D eigenvalue weighted by molar-refractivity contribution is 7.11. The third kappa shape index (κ3) is 3.81. The van der Waals surface area contributed by atoms with Crippen LogP contribution in [-0.4, -0.2) is 10.9 Å². The summed E-state index contributed by atoms with van der Waals surface area (Å²) in [6.45, 7) is 4.81. The Hall–Kier alpha value is -1.68. The number of amides is 1. The van der Waals surface area contributed by atoms with Crippen LogP contribution in [0.3, 0.4) is 0 Å². The SMILES string of the molecule is CCCc1nc(C)c(CNC(=O)CC2CCc3ccccc32)s1. The fourth-order valence-electron chi connectivity index (χ4n) is 3.31. The van der Waals surface area contributed by atoms with Gasteiger partial charge in [-0.05, 0) is 49.7 Å². The average molecular weight is 328 g/mol. The number of fused-ring (bicyclic) bond motifs is 1. The molecule has 2 aromatic rings. The van der Waals surface area contributed by atoms with Gasteiger partial charge in [0.05, 0.1) is 17.2 Å². The maximum Gasteiger partial charge on any atom is 0.220 e. The highest BCUT2D eigenvalue weighted by Crippen LogP contribution is 2.35. The Labute approximate surface area is 142 Å². The lowest BCUT2D eigenvalue weighted by Crippen LogP contribution is -2.24. The second kappa shape index (κ2) is 7.26. The van der Waals surface area contributed by atoms with E-state index in [1.165, 1.54) is 21.0 Å². The monoisotopic (exact) mass is 328 g/mol. The van der Waals surface area contributed by atoms with E-state index in [9.17, 15) is 4.79 Å². The van der Waals surface area contributed by atoms with Gasteiger partial charge in [0.2, 0.25) is 5.91 Å². The molecule has 1 unspecified atom stereocenters. The van der Waals surface area contributed by atoms with E-state index in [2.05, 4.69) is 41.5 Å². The van der Waals surface area contributed by atoms with Crippen LogP contribution in [0.25, 0.3) is 0 Å². The van der Waals surface area contributed by atoms with Crippen molar-refractivity contribution in [3.63, 3.8) is 0 Å². The van der Waals surface area contributed by atoms with Crippen LogP contribution in [0.2, 0.25) is 0 Å². The van der Waals surface area contributed by atoms with Gasteiger partial charge < -0.3 is 5.32 Å². The zero-order chi connectivity index (χ0) is 16.2. The molecule has 0 spiro atoms. The highest BCUT2D eigenvalue weighted by Gasteiger charge is 2.24. The van der Waals surface area contributed by atoms with Gasteiger partial charge in [-0.15, -0.1) is 11.3 Å². The standard InChI is InChI=1S/C19H24N2OS/c1-3-6-19-21-13(2)17(23-19)12-20-18(22)11-15-10-9-14-7-4-5-8-16(14)15/h4-5,7-8,15H,3,6,9-12H2,1-2H3,(H,20,22). The van der Waals surface area contributed by atoms with Gasteiger partial charge in [-0.2, -0.15) is 0 Å². The summed E-state index contributed by atoms with van der Waals surface area (Å²) in [6.07, 6.45) is 4.92. The summed E-state index contributed by atoms with van der Waals surface area (Å²) in [5.74, 6) is 0.529. The molecule has 0 saturated carbocycles. The van der Waals surface area contributed by atoms with Crippen molar-refractivity contribution in [1.82, 2.24) is 10.3 Å². The molecule has 1 aliphatic rings. The molecule has 1 heterocycles. The van der Waals surface area contributed by atoms with Gasteiger partial charge in [0.1, 0.15) is 0 Å². The van der Waals surface area contributed by atoms with Crippen molar-refractivity contribution in [2.75, 3.05) is 0 Å². The molecular formula is C19H24N2OS. The number of aryl methyl sites for hydroxylation is 3. The predicted molar refractivity (Wildman–Crippen MR) is 94.8 cm³/mol. The van der Waals surface area contributed by atoms with Crippen LogP contribution in [0, 0.1) is 6.92 Å². The summed E-state index contributed by atoms with van der Waals surface area (Å²) < 4.78 is 0. The van der Waals surface area contributed by atoms with Gasteiger partial charge in [0, 0.05) is 11.3 Å². The highest BCUT2D eigenvalue weighted by atomic mass is 32.1. The molecule has 1 atom stereocenters. The van der Waals surface area contributed by atoms with Gasteiger partial charge in [0.15, 0.2) is 0 Å². The maximum atomic E-state index is 12.3. The summed E-state index contributed by atoms with van der Waals surface area (Å²) in [5, 5.41) is 4.26. The lowest BCUT2D eigenvalue weighted by atomic mass is 9.97. The minimum atomic E-state index is 0.150.